The summed E-state index contributed by atoms with van der Waals surface area (Å²) in [6.45, 7) is 10.8. The third-order valence-electron chi connectivity index (χ3n) is 4.31. The van der Waals surface area contributed by atoms with E-state index in [2.05, 4.69) is 39.8 Å². The van der Waals surface area contributed by atoms with Gasteiger partial charge in [-0.15, -0.1) is 0 Å². The van der Waals surface area contributed by atoms with Crippen LogP contribution in [0.5, 0.6) is 0 Å². The first kappa shape index (κ1) is 16.0. The van der Waals surface area contributed by atoms with E-state index in [1.807, 2.05) is 23.1 Å². The minimum atomic E-state index is -0.172. The maximum atomic E-state index is 12.0. The Morgan fingerprint density at radius 2 is 1.67 bits per heavy atom. The molecule has 1 aromatic rings. The first-order valence-corrected chi connectivity index (χ1v) is 7.69. The highest BCUT2D eigenvalue weighted by molar-refractivity contribution is 5.75. The predicted octanol–water partition coefficient (Wildman–Crippen LogP) is 3.77. The Hall–Kier alpha value is -1.35. The van der Waals surface area contributed by atoms with Gasteiger partial charge in [-0.2, -0.15) is 0 Å². The summed E-state index contributed by atoms with van der Waals surface area (Å²) in [5.41, 5.74) is 0.853. The van der Waals surface area contributed by atoms with E-state index in [9.17, 15) is 4.79 Å². The average molecular weight is 289 g/mol. The van der Waals surface area contributed by atoms with Crippen molar-refractivity contribution in [1.82, 2.24) is 4.90 Å². The summed E-state index contributed by atoms with van der Waals surface area (Å²) >= 11 is 0. The van der Waals surface area contributed by atoms with E-state index in [0.717, 1.165) is 12.8 Å². The Morgan fingerprint density at radius 1 is 1.14 bits per heavy atom. The van der Waals surface area contributed by atoms with Crippen LogP contribution < -0.4 is 0 Å². The van der Waals surface area contributed by atoms with Gasteiger partial charge in [0.15, 0.2) is 0 Å². The number of likely N-dealkylation sites (tertiary alicyclic amines) is 1. The van der Waals surface area contributed by atoms with Gasteiger partial charge >= 0.3 is 0 Å². The summed E-state index contributed by atoms with van der Waals surface area (Å²) in [6.07, 6.45) is 1.94. The second kappa shape index (κ2) is 5.80. The van der Waals surface area contributed by atoms with Crippen LogP contribution in [0.25, 0.3) is 0 Å². The van der Waals surface area contributed by atoms with Crippen LogP contribution in [0, 0.1) is 0 Å². The van der Waals surface area contributed by atoms with Crippen LogP contribution in [0.15, 0.2) is 30.3 Å². The summed E-state index contributed by atoms with van der Waals surface area (Å²) in [4.78, 5) is 14.0. The monoisotopic (exact) mass is 289 g/mol. The van der Waals surface area contributed by atoms with Crippen LogP contribution in [0.1, 0.15) is 53.0 Å². The molecule has 3 heteroatoms. The molecule has 0 aliphatic carbocycles. The second-order valence-electron chi connectivity index (χ2n) is 7.31. The van der Waals surface area contributed by atoms with Gasteiger partial charge in [-0.05, 0) is 46.1 Å². The number of carbonyl (C=O) groups is 1. The third-order valence-corrected chi connectivity index (χ3v) is 4.31. The summed E-state index contributed by atoms with van der Waals surface area (Å²) in [7, 11) is 0. The molecule has 1 aliphatic heterocycles. The second-order valence-corrected chi connectivity index (χ2v) is 7.31. The largest absolute Gasteiger partial charge is 0.373 e. The number of piperidine rings is 1. The Labute approximate surface area is 128 Å². The Balaban J connectivity index is 2.06. The van der Waals surface area contributed by atoms with Crippen molar-refractivity contribution >= 4 is 5.91 Å². The number of amides is 1. The highest BCUT2D eigenvalue weighted by Gasteiger charge is 2.46. The number of benzene rings is 1. The van der Waals surface area contributed by atoms with Gasteiger partial charge in [0, 0.05) is 18.0 Å². The van der Waals surface area contributed by atoms with Crippen molar-refractivity contribution in [2.45, 2.75) is 71.2 Å². The fourth-order valence-corrected chi connectivity index (χ4v) is 3.95. The zero-order chi connectivity index (χ0) is 15.7. The SMILES string of the molecule is CC(=O)N1C(C)(C)CC(OCc2ccccc2)CC1(C)C. The molecule has 0 N–H and O–H groups in total. The maximum absolute atomic E-state index is 12.0. The lowest BCUT2D eigenvalue weighted by Crippen LogP contribution is -2.63. The van der Waals surface area contributed by atoms with Crippen LogP contribution >= 0.6 is 0 Å². The molecule has 0 bridgehead atoms. The summed E-state index contributed by atoms with van der Waals surface area (Å²) in [5.74, 6) is 0.145. The predicted molar refractivity (Wildman–Crippen MR) is 84.9 cm³/mol. The smallest absolute Gasteiger partial charge is 0.220 e. The fraction of sp³-hybridized carbons (Fsp3) is 0.611. The molecule has 116 valence electrons. The van der Waals surface area contributed by atoms with Crippen LogP contribution in [0.4, 0.5) is 0 Å². The quantitative estimate of drug-likeness (QED) is 0.847. The van der Waals surface area contributed by atoms with Gasteiger partial charge in [-0.3, -0.25) is 4.79 Å². The van der Waals surface area contributed by atoms with E-state index in [1.165, 1.54) is 5.56 Å². The number of hydrogen-bond donors (Lipinski definition) is 0. The van der Waals surface area contributed by atoms with E-state index in [4.69, 9.17) is 4.74 Å². The van der Waals surface area contributed by atoms with Crippen LogP contribution in [-0.4, -0.2) is 28.0 Å². The molecule has 0 atom stereocenters. The van der Waals surface area contributed by atoms with Crippen molar-refractivity contribution in [3.8, 4) is 0 Å². The van der Waals surface area contributed by atoms with E-state index in [0.29, 0.717) is 6.61 Å². The van der Waals surface area contributed by atoms with Gasteiger partial charge in [0.2, 0.25) is 5.91 Å². The average Bonchev–Trinajstić information content (AvgIpc) is 2.34. The Morgan fingerprint density at radius 3 is 2.14 bits per heavy atom. The summed E-state index contributed by atoms with van der Waals surface area (Å²) in [6, 6.07) is 10.2. The lowest BCUT2D eigenvalue weighted by Gasteiger charge is -2.54. The molecule has 2 rings (SSSR count). The zero-order valence-electron chi connectivity index (χ0n) is 13.8. The molecule has 1 heterocycles. The first-order valence-electron chi connectivity index (χ1n) is 7.69. The van der Waals surface area contributed by atoms with Crippen molar-refractivity contribution in [2.24, 2.45) is 0 Å². The maximum Gasteiger partial charge on any atom is 0.220 e. The topological polar surface area (TPSA) is 29.5 Å². The van der Waals surface area contributed by atoms with E-state index < -0.39 is 0 Å². The van der Waals surface area contributed by atoms with Crippen LogP contribution in [0.2, 0.25) is 0 Å². The summed E-state index contributed by atoms with van der Waals surface area (Å²) < 4.78 is 6.13. The molecule has 0 radical (unpaired) electrons. The van der Waals surface area contributed by atoms with Gasteiger partial charge in [-0.1, -0.05) is 30.3 Å². The molecule has 1 amide bonds. The Kier molecular flexibility index (Phi) is 4.43. The van der Waals surface area contributed by atoms with E-state index >= 15 is 0 Å². The van der Waals surface area contributed by atoms with Crippen molar-refractivity contribution in [3.63, 3.8) is 0 Å². The van der Waals surface area contributed by atoms with Crippen molar-refractivity contribution in [3.05, 3.63) is 35.9 Å². The molecule has 0 aromatic heterocycles. The highest BCUT2D eigenvalue weighted by atomic mass is 16.5. The molecule has 1 aliphatic rings. The molecular weight excluding hydrogens is 262 g/mol. The number of carbonyl (C=O) groups excluding carboxylic acids is 1. The number of rotatable bonds is 3. The highest BCUT2D eigenvalue weighted by Crippen LogP contribution is 2.39. The Bertz CT molecular complexity index is 475. The number of hydrogen-bond acceptors (Lipinski definition) is 2. The van der Waals surface area contributed by atoms with E-state index in [-0.39, 0.29) is 23.1 Å². The van der Waals surface area contributed by atoms with Crippen LogP contribution in [0.3, 0.4) is 0 Å². The molecular formula is C18H27NO2. The molecule has 1 saturated heterocycles. The third kappa shape index (κ3) is 3.65. The van der Waals surface area contributed by atoms with E-state index in [1.54, 1.807) is 6.92 Å². The molecule has 3 nitrogen and oxygen atoms in total. The van der Waals surface area contributed by atoms with Gasteiger partial charge in [-0.25, -0.2) is 0 Å². The molecule has 0 spiro atoms. The van der Waals surface area contributed by atoms with Crippen molar-refractivity contribution in [2.75, 3.05) is 0 Å². The van der Waals surface area contributed by atoms with Gasteiger partial charge in [0.1, 0.15) is 0 Å². The molecule has 1 fully saturated rings. The molecule has 21 heavy (non-hydrogen) atoms. The minimum absolute atomic E-state index is 0.145. The fourth-order valence-electron chi connectivity index (χ4n) is 3.95. The normalized spacial score (nSPS) is 21.3. The van der Waals surface area contributed by atoms with Gasteiger partial charge < -0.3 is 9.64 Å². The minimum Gasteiger partial charge on any atom is -0.373 e. The zero-order valence-corrected chi connectivity index (χ0v) is 13.8. The van der Waals surface area contributed by atoms with Crippen LogP contribution in [-0.2, 0) is 16.1 Å². The molecule has 1 aromatic carbocycles. The van der Waals surface area contributed by atoms with Crippen molar-refractivity contribution in [1.29, 1.82) is 0 Å². The summed E-state index contributed by atoms with van der Waals surface area (Å²) in [5, 5.41) is 0. The number of nitrogens with zero attached hydrogens (tertiary/aromatic N) is 1. The van der Waals surface area contributed by atoms with Gasteiger partial charge in [0.25, 0.3) is 0 Å². The molecule has 0 unspecified atom stereocenters. The number of ether oxygens (including phenoxy) is 1. The van der Waals surface area contributed by atoms with Crippen molar-refractivity contribution < 1.29 is 9.53 Å². The first-order chi connectivity index (χ1) is 9.72. The lowest BCUT2D eigenvalue weighted by atomic mass is 9.78. The lowest BCUT2D eigenvalue weighted by molar-refractivity contribution is -0.156. The molecule has 0 saturated carbocycles. The standard InChI is InChI=1S/C18H27NO2/c1-14(20)19-17(2,3)11-16(12-18(19,4)5)21-13-15-9-7-6-8-10-15/h6-10,16H,11-13H2,1-5H3. The van der Waals surface area contributed by atoms with Gasteiger partial charge in [0.05, 0.1) is 12.7 Å².